The lowest BCUT2D eigenvalue weighted by Gasteiger charge is -2.38. The number of primary amides is 1. The number of ketones is 1. The number of benzodiazepines with no additional fused rings is 3. The second-order valence-corrected chi connectivity index (χ2v) is 33.8. The van der Waals surface area contributed by atoms with Crippen LogP contribution in [-0.4, -0.2) is 121 Å². The number of allylic oxidation sites excluding steroid dienone is 6. The third kappa shape index (κ3) is 25.7. The van der Waals surface area contributed by atoms with E-state index in [1.165, 1.54) is 110 Å². The lowest BCUT2D eigenvalue weighted by atomic mass is 9.65. The number of nitrogens with two attached hydrogens (primary N) is 2. The Balaban J connectivity index is 0.000000315. The highest BCUT2D eigenvalue weighted by Gasteiger charge is 2.52. The van der Waals surface area contributed by atoms with Gasteiger partial charge in [0.15, 0.2) is 6.17 Å². The number of ether oxygens (including phenoxy) is 1. The van der Waals surface area contributed by atoms with E-state index in [0.29, 0.717) is 46.6 Å². The van der Waals surface area contributed by atoms with Crippen molar-refractivity contribution >= 4 is 87.4 Å². The van der Waals surface area contributed by atoms with E-state index in [1.807, 2.05) is 41.5 Å². The molecule has 9 rings (SSSR count). The molecular formula is C99H119F9N10O11. The third-order valence-electron chi connectivity index (χ3n) is 22.2. The molecule has 30 heteroatoms. The minimum Gasteiger partial charge on any atom is -0.481 e. The zero-order valence-electron chi connectivity index (χ0n) is 74.4. The molecule has 21 nitrogen and oxygen atoms in total. The van der Waals surface area contributed by atoms with E-state index in [2.05, 4.69) is 65.1 Å². The van der Waals surface area contributed by atoms with E-state index >= 15 is 0 Å². The first-order valence-corrected chi connectivity index (χ1v) is 41.5. The van der Waals surface area contributed by atoms with E-state index in [4.69, 9.17) is 16.2 Å². The highest BCUT2D eigenvalue weighted by Crippen LogP contribution is 2.47. The maximum absolute atomic E-state index is 14.1. The van der Waals surface area contributed by atoms with Crippen LogP contribution in [0.25, 0.3) is 0 Å². The molecule has 3 aliphatic heterocycles. The fraction of sp³-hybridized carbons (Fsp3) is 0.394. The van der Waals surface area contributed by atoms with E-state index in [-0.39, 0.29) is 110 Å². The van der Waals surface area contributed by atoms with E-state index in [1.54, 1.807) is 118 Å². The lowest BCUT2D eigenvalue weighted by Crippen LogP contribution is -2.54. The van der Waals surface area contributed by atoms with Crippen LogP contribution in [-0.2, 0) is 66.4 Å². The smallest absolute Gasteiger partial charge is 0.417 e. The molecule has 0 bridgehead atoms. The summed E-state index contributed by atoms with van der Waals surface area (Å²) in [7, 11) is 4.47. The number of nitrogens with zero attached hydrogens (tertiary/aromatic N) is 6. The summed E-state index contributed by atoms with van der Waals surface area (Å²) in [5.74, 6) is -8.07. The molecule has 3 aliphatic rings. The Hall–Kier alpha value is -12.5. The van der Waals surface area contributed by atoms with Gasteiger partial charge in [0, 0.05) is 59.9 Å². The largest absolute Gasteiger partial charge is 0.481 e. The number of para-hydroxylation sites is 3. The number of hydrogen-bond acceptors (Lipinski definition) is 14. The van der Waals surface area contributed by atoms with Gasteiger partial charge in [0.2, 0.25) is 30.1 Å². The van der Waals surface area contributed by atoms with Gasteiger partial charge in [0.05, 0.1) is 79.5 Å². The molecule has 6 amide bonds. The maximum atomic E-state index is 14.1. The molecule has 0 saturated heterocycles. The van der Waals surface area contributed by atoms with Crippen LogP contribution >= 0.6 is 0 Å². The number of anilines is 3. The second kappa shape index (κ2) is 45.5. The minimum atomic E-state index is -4.70. The number of hydrogen-bond donors (Lipinski definition) is 5. The van der Waals surface area contributed by atoms with Gasteiger partial charge in [-0.2, -0.15) is 39.5 Å². The second-order valence-electron chi connectivity index (χ2n) is 33.8. The van der Waals surface area contributed by atoms with Crippen molar-refractivity contribution in [2.75, 3.05) is 35.8 Å². The molecule has 3 heterocycles. The molecule has 0 saturated carbocycles. The number of alkyl halides is 9. The molecule has 6 atom stereocenters. The lowest BCUT2D eigenvalue weighted by molar-refractivity contribution is -0.177. The van der Waals surface area contributed by atoms with Crippen molar-refractivity contribution in [3.05, 3.63) is 272 Å². The van der Waals surface area contributed by atoms with Crippen LogP contribution in [0.4, 0.5) is 56.6 Å². The fourth-order valence-corrected chi connectivity index (χ4v) is 16.1. The number of likely N-dealkylation sites (N-methyl/N-ethyl adjacent to an activating group) is 3. The number of esters is 1. The average molecular weight is 1800 g/mol. The number of amides is 6. The molecule has 0 radical (unpaired) electrons. The molecular weight excluding hydrogens is 1680 g/mol. The normalized spacial score (nSPS) is 16.1. The van der Waals surface area contributed by atoms with Gasteiger partial charge in [-0.15, -0.1) is 39.5 Å². The van der Waals surface area contributed by atoms with Crippen LogP contribution in [0.15, 0.2) is 236 Å². The molecule has 7 N–H and O–H groups in total. The first-order valence-electron chi connectivity index (χ1n) is 41.5. The van der Waals surface area contributed by atoms with Crippen LogP contribution in [0.3, 0.4) is 0 Å². The molecule has 0 fully saturated rings. The van der Waals surface area contributed by atoms with Crippen LogP contribution in [0.2, 0.25) is 0 Å². The summed E-state index contributed by atoms with van der Waals surface area (Å²) in [6, 6.07) is 34.7. The Kier molecular flexibility index (Phi) is 37.7. The van der Waals surface area contributed by atoms with E-state index < -0.39 is 141 Å². The topological polar surface area (TPSA) is 306 Å². The number of rotatable bonds is 32. The van der Waals surface area contributed by atoms with Crippen molar-refractivity contribution in [3.63, 3.8) is 0 Å². The Labute approximate surface area is 749 Å². The summed E-state index contributed by atoms with van der Waals surface area (Å²) in [4.78, 5) is 135. The van der Waals surface area contributed by atoms with Gasteiger partial charge in [-0.25, -0.2) is 9.98 Å². The molecule has 6 aromatic rings. The Morgan fingerprint density at radius 2 is 0.698 bits per heavy atom. The number of carboxylic acids is 1. The molecule has 129 heavy (non-hydrogen) atoms. The number of carboxylic acid groups (broad SMARTS) is 1. The van der Waals surface area contributed by atoms with E-state index in [0.717, 1.165) is 18.2 Å². The van der Waals surface area contributed by atoms with Crippen molar-refractivity contribution in [2.24, 2.45) is 78.2 Å². The van der Waals surface area contributed by atoms with Gasteiger partial charge < -0.3 is 46.6 Å². The molecule has 3 unspecified atom stereocenters. The molecule has 6 aromatic carbocycles. The standard InChI is InChI=1S/C32H36F3N3O3.C31H35F3N4O3.C18H30O4.C17H14F3N3O.CH4/c1-7-17-31(18-8-2,21(5)39)25(19-20(3)4)29(40)37-28-30(41)38(6)26-16-12-10-14-23(26)27(36-28)22-13-9-11-15-24(22)32(33,34)35;1-6-16-30(17-7-2,29(35)41)23(18-19(3)4)27(39)37-26-28(40)38(5)24-15-11-9-13-21(24)25(36-26)20-12-8-10-14-22(20)31(32,33)34;1-8-10-18(11-9-2,16(21)22-17(5,6)7)14(15(19)20)12-13(3)4;1-23-13-9-5-3-7-11(13)14(22-15(21)16(23)24)10-6-2-4-8-12(10)17(18,19)20;/h7-16,20,25,28H,1-2,17-19H2,3-6H3,(H,37,40);6-15,19,23,26H,1-2,16-18H2,3-5H3,(H2,35,41)(H,37,39);8-9,13-14H,1-2,10-12H2,3-7H3,(H,19,20);2-9,15H,21H2,1H3;1H4/t25-,28?;23-,26?;14-;;/m000../s1. The predicted octanol–water partition coefficient (Wildman–Crippen LogP) is 19.3. The highest BCUT2D eigenvalue weighted by atomic mass is 19.4. The molecule has 694 valence electrons. The predicted molar refractivity (Wildman–Crippen MR) is 488 cm³/mol. The summed E-state index contributed by atoms with van der Waals surface area (Å²) in [6.45, 7) is 40.6. The van der Waals surface area contributed by atoms with Gasteiger partial charge in [-0.05, 0) is 140 Å². The van der Waals surface area contributed by atoms with Crippen LogP contribution < -0.4 is 36.8 Å². The summed E-state index contributed by atoms with van der Waals surface area (Å²) < 4.78 is 130. The Morgan fingerprint density at radius 3 is 0.977 bits per heavy atom. The number of nitrogens with one attached hydrogen (secondary N) is 2. The molecule has 0 aliphatic carbocycles. The van der Waals surface area contributed by atoms with Crippen molar-refractivity contribution in [1.29, 1.82) is 0 Å². The first kappa shape index (κ1) is 107. The molecule has 0 spiro atoms. The van der Waals surface area contributed by atoms with Crippen molar-refractivity contribution in [2.45, 2.75) is 177 Å². The van der Waals surface area contributed by atoms with E-state index in [9.17, 15) is 87.8 Å². The van der Waals surface area contributed by atoms with Gasteiger partial charge in [0.25, 0.3) is 17.7 Å². The van der Waals surface area contributed by atoms with Crippen LogP contribution in [0.5, 0.6) is 0 Å². The van der Waals surface area contributed by atoms with Crippen molar-refractivity contribution in [3.8, 4) is 0 Å². The summed E-state index contributed by atoms with van der Waals surface area (Å²) in [5.41, 5.74) is 6.09. The number of carbonyl (C=O) groups excluding carboxylic acids is 8. The number of aliphatic carboxylic acids is 1. The fourth-order valence-electron chi connectivity index (χ4n) is 16.1. The number of halogens is 9. The van der Waals surface area contributed by atoms with Gasteiger partial charge >= 0.3 is 30.5 Å². The van der Waals surface area contributed by atoms with Crippen LogP contribution in [0.1, 0.15) is 185 Å². The molecule has 0 aromatic heterocycles. The third-order valence-corrected chi connectivity index (χ3v) is 22.2. The SMILES string of the molecule is C.C=CCC(CC=C)(C(=O)OC(C)(C)C)[C@@H](CC(C)C)C(=O)O.C=CCC(CC=C)(C(C)=O)[C@@H](CC(C)C)C(=O)NC1N=C(c2ccccc2C(F)(F)F)c2ccccc2N(C)C1=O.C=CCC(CC=C)(C(N)=O)[C@@H](CC(C)C)C(=O)NC1N=C(c2ccccc2C(F)(F)F)c2ccccc2N(C)C1=O.CN1C(=O)C(N)N=C(c2ccccc2C(F)(F)F)c2ccccc21. The first-order chi connectivity index (χ1) is 59.9. The maximum Gasteiger partial charge on any atom is 0.417 e. The zero-order valence-corrected chi connectivity index (χ0v) is 74.4. The van der Waals surface area contributed by atoms with Crippen LogP contribution in [0, 0.1) is 51.8 Å². The highest BCUT2D eigenvalue weighted by molar-refractivity contribution is 6.23. The van der Waals surface area contributed by atoms with Gasteiger partial charge in [-0.1, -0.05) is 195 Å². The van der Waals surface area contributed by atoms with Gasteiger partial charge in [-0.3, -0.25) is 48.1 Å². The summed E-state index contributed by atoms with van der Waals surface area (Å²) >= 11 is 0. The average Bonchev–Trinajstić information content (AvgIpc) is 1.71. The summed E-state index contributed by atoms with van der Waals surface area (Å²) in [5, 5.41) is 15.0. The zero-order chi connectivity index (χ0) is 96.1. The van der Waals surface area contributed by atoms with Crippen molar-refractivity contribution < 1.29 is 92.5 Å². The quantitative estimate of drug-likeness (QED) is 0.0150. The number of fused-ring (bicyclic) bond motifs is 3. The summed E-state index contributed by atoms with van der Waals surface area (Å²) in [6.07, 6.45) is -6.96. The minimum absolute atomic E-state index is 0. The van der Waals surface area contributed by atoms with Crippen molar-refractivity contribution in [1.82, 2.24) is 10.6 Å². The number of benzene rings is 6. The number of aliphatic imine (C=N–C) groups is 3. The monoisotopic (exact) mass is 1790 g/mol. The Morgan fingerprint density at radius 1 is 0.434 bits per heavy atom. The van der Waals surface area contributed by atoms with Gasteiger partial charge in [0.1, 0.15) is 11.4 Å². The number of carbonyl (C=O) groups is 9. The Bertz CT molecular complexity index is 4960. The number of Topliss-reactive ketones (excluding diaryl/α,β-unsaturated/α-hetero) is 1.